The van der Waals surface area contributed by atoms with E-state index >= 15 is 0 Å². The summed E-state index contributed by atoms with van der Waals surface area (Å²) in [5.74, 6) is 1.84. The fourth-order valence-corrected chi connectivity index (χ4v) is 3.32. The largest absolute Gasteiger partial charge is 0.457 e. The molecule has 0 aromatic rings. The van der Waals surface area contributed by atoms with Crippen molar-refractivity contribution in [2.45, 2.75) is 130 Å². The molecule has 0 N–H and O–H groups in total. The molecule has 0 atom stereocenters. The van der Waals surface area contributed by atoms with Gasteiger partial charge in [-0.05, 0) is 62.8 Å². The molecule has 0 rings (SSSR count). The molecule has 0 aliphatic carbocycles. The lowest BCUT2D eigenvalue weighted by atomic mass is 10.1. The van der Waals surface area contributed by atoms with E-state index in [0.717, 1.165) is 37.2 Å². The highest BCUT2D eigenvalue weighted by Gasteiger charge is 1.98. The van der Waals surface area contributed by atoms with Gasteiger partial charge in [-0.1, -0.05) is 128 Å². The normalized spacial score (nSPS) is 13.5. The Hall–Kier alpha value is -1.76. The van der Waals surface area contributed by atoms with Crippen LogP contribution in [-0.4, -0.2) is 0 Å². The van der Waals surface area contributed by atoms with E-state index in [1.54, 1.807) is 0 Å². The molecule has 0 saturated carbocycles. The highest BCUT2D eigenvalue weighted by molar-refractivity contribution is 5.26. The van der Waals surface area contributed by atoms with Crippen molar-refractivity contribution in [3.63, 3.8) is 0 Å². The average molecular weight is 455 g/mol. The zero-order chi connectivity index (χ0) is 24.2. The molecule has 0 spiro atoms. The number of hydrogen-bond acceptors (Lipinski definition) is 1. The molecule has 0 aliphatic rings. The third kappa shape index (κ3) is 23.2. The minimum Gasteiger partial charge on any atom is -0.457 e. The van der Waals surface area contributed by atoms with Crippen LogP contribution in [0.4, 0.5) is 0 Å². The van der Waals surface area contributed by atoms with Crippen molar-refractivity contribution >= 4 is 0 Å². The van der Waals surface area contributed by atoms with Crippen LogP contribution < -0.4 is 0 Å². The predicted octanol–water partition coefficient (Wildman–Crippen LogP) is 11.3. The Kier molecular flexibility index (Phi) is 25.1. The molecule has 0 bridgehead atoms. The van der Waals surface area contributed by atoms with E-state index in [1.807, 2.05) is 0 Å². The molecule has 0 aliphatic heterocycles. The van der Waals surface area contributed by atoms with Gasteiger partial charge in [0.15, 0.2) is 0 Å². The first kappa shape index (κ1) is 31.2. The van der Waals surface area contributed by atoms with Gasteiger partial charge in [0.05, 0.1) is 0 Å². The second kappa shape index (κ2) is 26.5. The van der Waals surface area contributed by atoms with Gasteiger partial charge in [-0.2, -0.15) is 0 Å². The molecule has 188 valence electrons. The van der Waals surface area contributed by atoms with Crippen molar-refractivity contribution < 1.29 is 4.74 Å². The van der Waals surface area contributed by atoms with E-state index in [4.69, 9.17) is 4.74 Å². The molecule has 33 heavy (non-hydrogen) atoms. The second-order valence-corrected chi connectivity index (χ2v) is 8.88. The van der Waals surface area contributed by atoms with Crippen molar-refractivity contribution in [2.24, 2.45) is 0 Å². The van der Waals surface area contributed by atoms with Gasteiger partial charge in [-0.3, -0.25) is 0 Å². The summed E-state index contributed by atoms with van der Waals surface area (Å²) in [7, 11) is 0. The SMILES string of the molecule is CCCC/C=C/C=C(\C=C\CCCCCC)OC(/C=C/CCCCCC)=C/C=C/CCCC. The lowest BCUT2D eigenvalue weighted by molar-refractivity contribution is 0.336. The third-order valence-electron chi connectivity index (χ3n) is 5.49. The van der Waals surface area contributed by atoms with E-state index < -0.39 is 0 Å². The fraction of sp³-hybridized carbons (Fsp3) is 0.625. The van der Waals surface area contributed by atoms with Crippen LogP contribution >= 0.6 is 0 Å². The van der Waals surface area contributed by atoms with Crippen molar-refractivity contribution in [2.75, 3.05) is 0 Å². The average Bonchev–Trinajstić information content (AvgIpc) is 2.82. The summed E-state index contributed by atoms with van der Waals surface area (Å²) in [6.45, 7) is 8.99. The Bertz CT molecular complexity index is 534. The standard InChI is InChI=1S/C32H54O/c1-5-9-13-17-21-25-29-31(27-23-19-15-11-7-3)33-32(28-24-20-16-12-8-4)30-26-22-18-14-10-6-2/h19-20,23-30H,5-18,21-22H2,1-4H3/b23-19+,24-20+,29-25+,30-26+,31-27+,32-28+. The van der Waals surface area contributed by atoms with Crippen LogP contribution in [0, 0.1) is 0 Å². The lowest BCUT2D eigenvalue weighted by Gasteiger charge is -2.07. The second-order valence-electron chi connectivity index (χ2n) is 8.88. The molecule has 0 radical (unpaired) electrons. The maximum absolute atomic E-state index is 6.37. The summed E-state index contributed by atoms with van der Waals surface area (Å²) in [6, 6.07) is 0. The molecule has 0 unspecified atom stereocenters. The Labute approximate surface area is 207 Å². The van der Waals surface area contributed by atoms with E-state index in [1.165, 1.54) is 77.0 Å². The Morgan fingerprint density at radius 2 is 0.848 bits per heavy atom. The molecule has 0 aromatic carbocycles. The Morgan fingerprint density at radius 3 is 1.24 bits per heavy atom. The number of unbranched alkanes of at least 4 members (excludes halogenated alkanes) is 12. The fourth-order valence-electron chi connectivity index (χ4n) is 3.32. The minimum atomic E-state index is 0.919. The maximum Gasteiger partial charge on any atom is 0.127 e. The molecule has 0 amide bonds. The van der Waals surface area contributed by atoms with Crippen molar-refractivity contribution in [3.8, 4) is 0 Å². The summed E-state index contributed by atoms with van der Waals surface area (Å²) < 4.78 is 6.37. The van der Waals surface area contributed by atoms with Gasteiger partial charge in [-0.15, -0.1) is 0 Å². The first-order valence-corrected chi connectivity index (χ1v) is 14.0. The van der Waals surface area contributed by atoms with Crippen molar-refractivity contribution in [3.05, 3.63) is 72.3 Å². The van der Waals surface area contributed by atoms with Gasteiger partial charge >= 0.3 is 0 Å². The topological polar surface area (TPSA) is 9.23 Å². The molecule has 0 saturated heterocycles. The van der Waals surface area contributed by atoms with E-state index in [9.17, 15) is 0 Å². The lowest BCUT2D eigenvalue weighted by Crippen LogP contribution is -1.89. The number of hydrogen-bond donors (Lipinski definition) is 0. The zero-order valence-corrected chi connectivity index (χ0v) is 22.5. The van der Waals surface area contributed by atoms with Crippen LogP contribution in [-0.2, 0) is 4.74 Å². The van der Waals surface area contributed by atoms with Gasteiger partial charge in [0, 0.05) is 0 Å². The quantitative estimate of drug-likeness (QED) is 0.0897. The van der Waals surface area contributed by atoms with Crippen molar-refractivity contribution in [1.29, 1.82) is 0 Å². The van der Waals surface area contributed by atoms with Crippen molar-refractivity contribution in [1.82, 2.24) is 0 Å². The van der Waals surface area contributed by atoms with Gasteiger partial charge < -0.3 is 4.74 Å². The molecule has 1 nitrogen and oxygen atoms in total. The van der Waals surface area contributed by atoms with Crippen LogP contribution in [0.15, 0.2) is 72.3 Å². The minimum absolute atomic E-state index is 0.919. The van der Waals surface area contributed by atoms with Gasteiger partial charge in [0.25, 0.3) is 0 Å². The van der Waals surface area contributed by atoms with Crippen LogP contribution in [0.2, 0.25) is 0 Å². The number of rotatable bonds is 22. The van der Waals surface area contributed by atoms with E-state index in [-0.39, 0.29) is 0 Å². The summed E-state index contributed by atoms with van der Waals surface area (Å²) >= 11 is 0. The molecule has 0 fully saturated rings. The number of allylic oxidation sites excluding steroid dienone is 10. The highest BCUT2D eigenvalue weighted by Crippen LogP contribution is 2.14. The monoisotopic (exact) mass is 454 g/mol. The number of ether oxygens (including phenoxy) is 1. The molecule has 1 heteroatoms. The summed E-state index contributed by atoms with van der Waals surface area (Å²) in [6.07, 6.45) is 41.6. The summed E-state index contributed by atoms with van der Waals surface area (Å²) in [5.41, 5.74) is 0. The van der Waals surface area contributed by atoms with E-state index in [2.05, 4.69) is 88.5 Å². The maximum atomic E-state index is 6.37. The van der Waals surface area contributed by atoms with Gasteiger partial charge in [0.2, 0.25) is 0 Å². The first-order chi connectivity index (χ1) is 16.3. The zero-order valence-electron chi connectivity index (χ0n) is 22.5. The third-order valence-corrected chi connectivity index (χ3v) is 5.49. The highest BCUT2D eigenvalue weighted by atomic mass is 16.5. The molecule has 0 heterocycles. The van der Waals surface area contributed by atoms with Crippen LogP contribution in [0.25, 0.3) is 0 Å². The molecular weight excluding hydrogens is 400 g/mol. The Balaban J connectivity index is 5.21. The predicted molar refractivity (Wildman–Crippen MR) is 150 cm³/mol. The van der Waals surface area contributed by atoms with Gasteiger partial charge in [-0.25, -0.2) is 0 Å². The first-order valence-electron chi connectivity index (χ1n) is 14.0. The molecular formula is C32H54O. The van der Waals surface area contributed by atoms with E-state index in [0.29, 0.717) is 0 Å². The van der Waals surface area contributed by atoms with Crippen LogP contribution in [0.1, 0.15) is 130 Å². The Morgan fingerprint density at radius 1 is 0.455 bits per heavy atom. The van der Waals surface area contributed by atoms with Crippen LogP contribution in [0.5, 0.6) is 0 Å². The van der Waals surface area contributed by atoms with Gasteiger partial charge in [0.1, 0.15) is 11.5 Å². The summed E-state index contributed by atoms with van der Waals surface area (Å²) in [5, 5.41) is 0. The smallest absolute Gasteiger partial charge is 0.127 e. The molecule has 0 aromatic heterocycles. The summed E-state index contributed by atoms with van der Waals surface area (Å²) in [4.78, 5) is 0. The van der Waals surface area contributed by atoms with Crippen LogP contribution in [0.3, 0.4) is 0 Å².